The Kier molecular flexibility index (Phi) is 5.51. The molecule has 0 aromatic heterocycles. The van der Waals surface area contributed by atoms with Crippen molar-refractivity contribution in [1.82, 2.24) is 0 Å². The predicted octanol–water partition coefficient (Wildman–Crippen LogP) is 5.07. The molecule has 0 saturated heterocycles. The Hall–Kier alpha value is -1.23. The highest BCUT2D eigenvalue weighted by molar-refractivity contribution is 9.10. The van der Waals surface area contributed by atoms with E-state index >= 15 is 0 Å². The van der Waals surface area contributed by atoms with E-state index in [0.29, 0.717) is 33.2 Å². The van der Waals surface area contributed by atoms with Crippen LogP contribution in [0.2, 0.25) is 5.02 Å². The minimum absolute atomic E-state index is 0.333. The van der Waals surface area contributed by atoms with Crippen LogP contribution in [-0.2, 0) is 6.61 Å². The second-order valence-corrected chi connectivity index (χ2v) is 5.81. The molecule has 0 aliphatic carbocycles. The molecule has 6 heteroatoms. The van der Waals surface area contributed by atoms with Gasteiger partial charge in [-0.25, -0.2) is 0 Å². The summed E-state index contributed by atoms with van der Waals surface area (Å²) in [4.78, 5) is 11.2. The number of ether oxygens (including phenoxy) is 2. The molecule has 21 heavy (non-hydrogen) atoms. The van der Waals surface area contributed by atoms with E-state index in [9.17, 15) is 4.79 Å². The van der Waals surface area contributed by atoms with Crippen LogP contribution < -0.4 is 9.47 Å². The Bertz CT molecular complexity index is 657. The van der Waals surface area contributed by atoms with Gasteiger partial charge in [0.05, 0.1) is 11.6 Å². The highest BCUT2D eigenvalue weighted by Gasteiger charge is 2.14. The largest absolute Gasteiger partial charge is 0.493 e. The first-order valence-electron chi connectivity index (χ1n) is 5.96. The second kappa shape index (κ2) is 7.16. The molecule has 0 aliphatic rings. The average Bonchev–Trinajstić information content (AvgIpc) is 2.46. The van der Waals surface area contributed by atoms with Crippen molar-refractivity contribution in [2.75, 3.05) is 7.11 Å². The topological polar surface area (TPSA) is 35.5 Å². The molecule has 0 spiro atoms. The Labute approximate surface area is 140 Å². The summed E-state index contributed by atoms with van der Waals surface area (Å²) in [6.07, 6.45) is 0. The summed E-state index contributed by atoms with van der Waals surface area (Å²) in [7, 11) is 1.50. The Morgan fingerprint density at radius 2 is 1.90 bits per heavy atom. The number of carbonyl (C=O) groups is 1. The van der Waals surface area contributed by atoms with E-state index in [1.807, 2.05) is 12.1 Å². The normalized spacial score (nSPS) is 10.3. The van der Waals surface area contributed by atoms with E-state index in [4.69, 9.17) is 32.7 Å². The second-order valence-electron chi connectivity index (χ2n) is 4.18. The zero-order chi connectivity index (χ0) is 15.4. The number of rotatable bonds is 5. The Morgan fingerprint density at radius 1 is 1.24 bits per heavy atom. The van der Waals surface area contributed by atoms with Crippen LogP contribution in [0.1, 0.15) is 15.9 Å². The SMILES string of the molecule is COc1cc(C(=O)Cl)cc(Br)c1OCc1ccc(Cl)cc1. The van der Waals surface area contributed by atoms with E-state index in [1.54, 1.807) is 18.2 Å². The van der Waals surface area contributed by atoms with E-state index in [2.05, 4.69) is 15.9 Å². The average molecular weight is 390 g/mol. The molecule has 0 atom stereocenters. The maximum absolute atomic E-state index is 11.2. The summed E-state index contributed by atoms with van der Waals surface area (Å²) in [5, 5.41) is 0.112. The Morgan fingerprint density at radius 3 is 2.48 bits per heavy atom. The predicted molar refractivity (Wildman–Crippen MR) is 86.7 cm³/mol. The van der Waals surface area contributed by atoms with E-state index < -0.39 is 5.24 Å². The third kappa shape index (κ3) is 4.13. The summed E-state index contributed by atoms with van der Waals surface area (Å²) in [5.74, 6) is 0.941. The number of carbonyl (C=O) groups excluding carboxylic acids is 1. The van der Waals surface area contributed by atoms with E-state index in [1.165, 1.54) is 13.2 Å². The van der Waals surface area contributed by atoms with Crippen LogP contribution in [0.4, 0.5) is 0 Å². The summed E-state index contributed by atoms with van der Waals surface area (Å²) in [6.45, 7) is 0.348. The summed E-state index contributed by atoms with van der Waals surface area (Å²) in [6, 6.07) is 10.5. The van der Waals surface area contributed by atoms with Gasteiger partial charge in [0.15, 0.2) is 11.5 Å². The van der Waals surface area contributed by atoms with Crippen molar-refractivity contribution in [3.05, 3.63) is 57.0 Å². The van der Waals surface area contributed by atoms with Gasteiger partial charge in [-0.2, -0.15) is 0 Å². The maximum Gasteiger partial charge on any atom is 0.252 e. The van der Waals surface area contributed by atoms with Crippen molar-refractivity contribution < 1.29 is 14.3 Å². The highest BCUT2D eigenvalue weighted by atomic mass is 79.9. The van der Waals surface area contributed by atoms with Gasteiger partial charge in [-0.3, -0.25) is 4.79 Å². The molecule has 0 amide bonds. The molecule has 0 bridgehead atoms. The number of benzene rings is 2. The van der Waals surface area contributed by atoms with Gasteiger partial charge in [0.2, 0.25) is 0 Å². The standard InChI is InChI=1S/C15H11BrCl2O3/c1-20-13-7-10(15(18)19)6-12(16)14(13)21-8-9-2-4-11(17)5-3-9/h2-7H,8H2,1H3. The molecule has 0 unspecified atom stereocenters. The van der Waals surface area contributed by atoms with Gasteiger partial charge in [-0.1, -0.05) is 23.7 Å². The third-order valence-electron chi connectivity index (χ3n) is 2.75. The van der Waals surface area contributed by atoms with Crippen LogP contribution >= 0.6 is 39.1 Å². The number of hydrogen-bond donors (Lipinski definition) is 0. The van der Waals surface area contributed by atoms with Crippen molar-refractivity contribution in [1.29, 1.82) is 0 Å². The van der Waals surface area contributed by atoms with Gasteiger partial charge >= 0.3 is 0 Å². The molecule has 2 aromatic carbocycles. The van der Waals surface area contributed by atoms with E-state index in [0.717, 1.165) is 5.56 Å². The molecule has 0 N–H and O–H groups in total. The smallest absolute Gasteiger partial charge is 0.252 e. The van der Waals surface area contributed by atoms with E-state index in [-0.39, 0.29) is 0 Å². The number of methoxy groups -OCH3 is 1. The zero-order valence-electron chi connectivity index (χ0n) is 11.0. The molecule has 3 nitrogen and oxygen atoms in total. The lowest BCUT2D eigenvalue weighted by Gasteiger charge is -2.13. The number of hydrogen-bond acceptors (Lipinski definition) is 3. The van der Waals surface area contributed by atoms with Crippen molar-refractivity contribution in [2.24, 2.45) is 0 Å². The van der Waals surface area contributed by atoms with Gasteiger partial charge in [-0.15, -0.1) is 0 Å². The molecule has 2 rings (SSSR count). The zero-order valence-corrected chi connectivity index (χ0v) is 14.1. The summed E-state index contributed by atoms with van der Waals surface area (Å²) in [5.41, 5.74) is 1.30. The molecule has 0 aliphatic heterocycles. The van der Waals surface area contributed by atoms with Crippen LogP contribution in [-0.4, -0.2) is 12.4 Å². The molecule has 0 heterocycles. The van der Waals surface area contributed by atoms with Crippen LogP contribution in [0.15, 0.2) is 40.9 Å². The number of halogens is 3. The molecule has 0 saturated carbocycles. The summed E-state index contributed by atoms with van der Waals surface area (Å²) < 4.78 is 11.6. The first-order valence-corrected chi connectivity index (χ1v) is 7.50. The monoisotopic (exact) mass is 388 g/mol. The van der Waals surface area contributed by atoms with Crippen LogP contribution in [0.5, 0.6) is 11.5 Å². The lowest BCUT2D eigenvalue weighted by molar-refractivity contribution is 0.108. The van der Waals surface area contributed by atoms with Crippen molar-refractivity contribution >= 4 is 44.4 Å². The van der Waals surface area contributed by atoms with Crippen molar-refractivity contribution in [2.45, 2.75) is 6.61 Å². The van der Waals surface area contributed by atoms with Gasteiger partial charge in [0, 0.05) is 10.6 Å². The summed E-state index contributed by atoms with van der Waals surface area (Å²) >= 11 is 14.7. The fourth-order valence-electron chi connectivity index (χ4n) is 1.71. The molecular formula is C15H11BrCl2O3. The quantitative estimate of drug-likeness (QED) is 0.669. The highest BCUT2D eigenvalue weighted by Crippen LogP contribution is 2.37. The fraction of sp³-hybridized carbons (Fsp3) is 0.133. The molecular weight excluding hydrogens is 379 g/mol. The first-order chi connectivity index (χ1) is 10.0. The lowest BCUT2D eigenvalue weighted by Crippen LogP contribution is -2.00. The van der Waals surface area contributed by atoms with Gasteiger partial charge in [0.1, 0.15) is 6.61 Å². The molecule has 110 valence electrons. The van der Waals surface area contributed by atoms with Crippen LogP contribution in [0, 0.1) is 0 Å². The lowest BCUT2D eigenvalue weighted by atomic mass is 10.2. The molecule has 0 fully saturated rings. The third-order valence-corrected chi connectivity index (χ3v) is 3.81. The molecule has 0 radical (unpaired) electrons. The minimum Gasteiger partial charge on any atom is -0.493 e. The first kappa shape index (κ1) is 16.1. The maximum atomic E-state index is 11.2. The van der Waals surface area contributed by atoms with Gasteiger partial charge in [-0.05, 0) is 57.4 Å². The fourth-order valence-corrected chi connectivity index (χ4v) is 2.50. The van der Waals surface area contributed by atoms with Gasteiger partial charge < -0.3 is 9.47 Å². The Balaban J connectivity index is 2.23. The van der Waals surface area contributed by atoms with Crippen LogP contribution in [0.25, 0.3) is 0 Å². The molecule has 2 aromatic rings. The van der Waals surface area contributed by atoms with Crippen molar-refractivity contribution in [3.63, 3.8) is 0 Å². The minimum atomic E-state index is -0.557. The van der Waals surface area contributed by atoms with Crippen molar-refractivity contribution in [3.8, 4) is 11.5 Å². The van der Waals surface area contributed by atoms with Gasteiger partial charge in [0.25, 0.3) is 5.24 Å². The van der Waals surface area contributed by atoms with Crippen LogP contribution in [0.3, 0.4) is 0 Å².